The fraction of sp³-hybridized carbons (Fsp3) is 1.00. The minimum atomic E-state index is 0.348. The van der Waals surface area contributed by atoms with Crippen molar-refractivity contribution < 1.29 is 4.74 Å². The highest BCUT2D eigenvalue weighted by atomic mass is 16.5. The normalized spacial score (nSPS) is 28.5. The van der Waals surface area contributed by atoms with Gasteiger partial charge in [-0.05, 0) is 24.7 Å². The van der Waals surface area contributed by atoms with Crippen LogP contribution in [0.3, 0.4) is 0 Å². The lowest BCUT2D eigenvalue weighted by Crippen LogP contribution is -2.32. The van der Waals surface area contributed by atoms with Crippen LogP contribution in [0.4, 0.5) is 0 Å². The Bertz CT molecular complexity index is 95.8. The van der Waals surface area contributed by atoms with Crippen LogP contribution < -0.4 is 0 Å². The van der Waals surface area contributed by atoms with Gasteiger partial charge < -0.3 is 4.74 Å². The Kier molecular flexibility index (Phi) is 2.35. The second kappa shape index (κ2) is 2.91. The van der Waals surface area contributed by atoms with Crippen LogP contribution in [0.1, 0.15) is 40.0 Å². The van der Waals surface area contributed by atoms with Gasteiger partial charge in [-0.15, -0.1) is 0 Å². The predicted molar refractivity (Wildman–Crippen MR) is 43.0 cm³/mol. The maximum atomic E-state index is 5.64. The highest BCUT2D eigenvalue weighted by Gasteiger charge is 2.26. The molecule has 0 aromatic carbocycles. The van der Waals surface area contributed by atoms with Gasteiger partial charge in [0.15, 0.2) is 0 Å². The molecule has 1 rings (SSSR count). The predicted octanol–water partition coefficient (Wildman–Crippen LogP) is 2.60. The first-order valence-corrected chi connectivity index (χ1v) is 4.22. The van der Waals surface area contributed by atoms with Crippen LogP contribution in [-0.2, 0) is 4.74 Å². The average Bonchev–Trinajstić information content (AvgIpc) is 1.88. The van der Waals surface area contributed by atoms with Gasteiger partial charge in [-0.1, -0.05) is 20.8 Å². The first-order chi connectivity index (χ1) is 4.61. The average molecular weight is 142 g/mol. The van der Waals surface area contributed by atoms with Crippen LogP contribution in [0.15, 0.2) is 0 Å². The summed E-state index contributed by atoms with van der Waals surface area (Å²) in [6.45, 7) is 7.73. The molecule has 0 saturated carbocycles. The smallest absolute Gasteiger partial charge is 0.0623 e. The molecule has 60 valence electrons. The van der Waals surface area contributed by atoms with Gasteiger partial charge in [0.2, 0.25) is 0 Å². The largest absolute Gasteiger partial charge is 0.378 e. The molecule has 0 N–H and O–H groups in total. The van der Waals surface area contributed by atoms with E-state index in [0.29, 0.717) is 11.5 Å². The molecular weight excluding hydrogens is 124 g/mol. The standard InChI is InChI=1S/C9H18O/c1-9(2,3)8-6-4-5-7-10-8/h8H,4-7H2,1-3H3/t8-/m1/s1. The molecule has 10 heavy (non-hydrogen) atoms. The summed E-state index contributed by atoms with van der Waals surface area (Å²) in [5, 5.41) is 0. The van der Waals surface area contributed by atoms with Gasteiger partial charge in [0, 0.05) is 6.61 Å². The van der Waals surface area contributed by atoms with Gasteiger partial charge in [-0.3, -0.25) is 0 Å². The van der Waals surface area contributed by atoms with Crippen molar-refractivity contribution in [3.63, 3.8) is 0 Å². The van der Waals surface area contributed by atoms with E-state index >= 15 is 0 Å². The van der Waals surface area contributed by atoms with Crippen LogP contribution in [0.25, 0.3) is 0 Å². The molecule has 0 unspecified atom stereocenters. The third-order valence-electron chi connectivity index (χ3n) is 2.15. The molecule has 1 nitrogen and oxygen atoms in total. The molecule has 0 bridgehead atoms. The number of hydrogen-bond acceptors (Lipinski definition) is 1. The van der Waals surface area contributed by atoms with E-state index in [1.807, 2.05) is 0 Å². The minimum absolute atomic E-state index is 0.348. The van der Waals surface area contributed by atoms with Gasteiger partial charge >= 0.3 is 0 Å². The summed E-state index contributed by atoms with van der Waals surface area (Å²) in [6, 6.07) is 0. The lowest BCUT2D eigenvalue weighted by Gasteiger charge is -2.33. The van der Waals surface area contributed by atoms with Crippen molar-refractivity contribution in [2.45, 2.75) is 46.1 Å². The van der Waals surface area contributed by atoms with E-state index < -0.39 is 0 Å². The van der Waals surface area contributed by atoms with Crippen LogP contribution in [-0.4, -0.2) is 12.7 Å². The fourth-order valence-corrected chi connectivity index (χ4v) is 1.42. The maximum Gasteiger partial charge on any atom is 0.0623 e. The van der Waals surface area contributed by atoms with Crippen molar-refractivity contribution in [3.05, 3.63) is 0 Å². The monoisotopic (exact) mass is 142 g/mol. The molecule has 0 aromatic heterocycles. The lowest BCUT2D eigenvalue weighted by atomic mass is 9.85. The molecule has 0 amide bonds. The number of rotatable bonds is 0. The second-order valence-electron chi connectivity index (χ2n) is 4.22. The van der Waals surface area contributed by atoms with E-state index in [2.05, 4.69) is 20.8 Å². The first-order valence-electron chi connectivity index (χ1n) is 4.22. The summed E-state index contributed by atoms with van der Waals surface area (Å²) in [4.78, 5) is 0. The van der Waals surface area contributed by atoms with Gasteiger partial charge in [0.25, 0.3) is 0 Å². The molecule has 1 fully saturated rings. The Morgan fingerprint density at radius 2 is 1.90 bits per heavy atom. The fourth-order valence-electron chi connectivity index (χ4n) is 1.42. The molecule has 0 spiro atoms. The Morgan fingerprint density at radius 1 is 1.20 bits per heavy atom. The first kappa shape index (κ1) is 8.06. The molecule has 1 aliphatic rings. The van der Waals surface area contributed by atoms with E-state index in [4.69, 9.17) is 4.74 Å². The summed E-state index contributed by atoms with van der Waals surface area (Å²) in [6.07, 6.45) is 4.36. The Hall–Kier alpha value is -0.0400. The molecule has 1 aliphatic heterocycles. The van der Waals surface area contributed by atoms with Crippen molar-refractivity contribution in [2.24, 2.45) is 5.41 Å². The van der Waals surface area contributed by atoms with Crippen LogP contribution >= 0.6 is 0 Å². The quantitative estimate of drug-likeness (QED) is 0.505. The van der Waals surface area contributed by atoms with Gasteiger partial charge in [-0.25, -0.2) is 0 Å². The van der Waals surface area contributed by atoms with Crippen LogP contribution in [0.2, 0.25) is 0 Å². The zero-order valence-electron chi connectivity index (χ0n) is 7.31. The lowest BCUT2D eigenvalue weighted by molar-refractivity contribution is -0.0474. The summed E-state index contributed by atoms with van der Waals surface area (Å²) < 4.78 is 5.64. The summed E-state index contributed by atoms with van der Waals surface area (Å²) in [5.74, 6) is 0. The second-order valence-corrected chi connectivity index (χ2v) is 4.22. The maximum absolute atomic E-state index is 5.64. The van der Waals surface area contributed by atoms with Crippen molar-refractivity contribution in [1.82, 2.24) is 0 Å². The van der Waals surface area contributed by atoms with Crippen molar-refractivity contribution >= 4 is 0 Å². The summed E-state index contributed by atoms with van der Waals surface area (Å²) >= 11 is 0. The van der Waals surface area contributed by atoms with Crippen molar-refractivity contribution in [2.75, 3.05) is 6.61 Å². The zero-order chi connectivity index (χ0) is 7.61. The minimum Gasteiger partial charge on any atom is -0.378 e. The Morgan fingerprint density at radius 3 is 2.20 bits per heavy atom. The molecular formula is C9H18O. The zero-order valence-corrected chi connectivity index (χ0v) is 7.31. The third-order valence-corrected chi connectivity index (χ3v) is 2.15. The Labute approximate surface area is 63.8 Å². The van der Waals surface area contributed by atoms with Crippen LogP contribution in [0.5, 0.6) is 0 Å². The van der Waals surface area contributed by atoms with E-state index in [0.717, 1.165) is 6.61 Å². The molecule has 1 saturated heterocycles. The van der Waals surface area contributed by atoms with Crippen molar-refractivity contribution in [3.8, 4) is 0 Å². The Balaban J connectivity index is 2.39. The van der Waals surface area contributed by atoms with E-state index in [9.17, 15) is 0 Å². The van der Waals surface area contributed by atoms with Crippen LogP contribution in [0, 0.1) is 5.41 Å². The van der Waals surface area contributed by atoms with Crippen molar-refractivity contribution in [1.29, 1.82) is 0 Å². The molecule has 0 aromatic rings. The molecule has 0 radical (unpaired) electrons. The summed E-state index contributed by atoms with van der Waals surface area (Å²) in [7, 11) is 0. The third kappa shape index (κ3) is 1.98. The number of ether oxygens (including phenoxy) is 1. The molecule has 1 heterocycles. The molecule has 1 atom stereocenters. The van der Waals surface area contributed by atoms with Gasteiger partial charge in [-0.2, -0.15) is 0 Å². The van der Waals surface area contributed by atoms with E-state index in [-0.39, 0.29) is 0 Å². The molecule has 0 aliphatic carbocycles. The topological polar surface area (TPSA) is 9.23 Å². The molecule has 1 heteroatoms. The van der Waals surface area contributed by atoms with E-state index in [1.54, 1.807) is 0 Å². The number of hydrogen-bond donors (Lipinski definition) is 0. The SMILES string of the molecule is CC(C)(C)[C@H]1CCCCO1. The summed E-state index contributed by atoms with van der Waals surface area (Å²) in [5.41, 5.74) is 0.348. The highest BCUT2D eigenvalue weighted by molar-refractivity contribution is 4.76. The van der Waals surface area contributed by atoms with Gasteiger partial charge in [0.05, 0.1) is 6.10 Å². The van der Waals surface area contributed by atoms with E-state index in [1.165, 1.54) is 19.3 Å². The highest BCUT2D eigenvalue weighted by Crippen LogP contribution is 2.29. The van der Waals surface area contributed by atoms with Gasteiger partial charge in [0.1, 0.15) is 0 Å².